The number of rotatable bonds is 6. The number of hydrogen-bond acceptors (Lipinski definition) is 3. The fourth-order valence-corrected chi connectivity index (χ4v) is 3.91. The fraction of sp³-hybridized carbons (Fsp3) is 0.192. The summed E-state index contributed by atoms with van der Waals surface area (Å²) in [6, 6.07) is 31.4. The molecule has 0 radical (unpaired) electrons. The van der Waals surface area contributed by atoms with Gasteiger partial charge >= 0.3 is 0 Å². The molecule has 4 rings (SSSR count). The Kier molecular flexibility index (Phi) is 6.70. The van der Waals surface area contributed by atoms with Gasteiger partial charge < -0.3 is 0 Å². The molecule has 0 spiro atoms. The first-order valence-electron chi connectivity index (χ1n) is 10.4. The summed E-state index contributed by atoms with van der Waals surface area (Å²) in [4.78, 5) is 14.8. The number of benzene rings is 3. The van der Waals surface area contributed by atoms with Crippen molar-refractivity contribution in [2.75, 3.05) is 26.2 Å². The number of nitrogens with one attached hydrogen (secondary N) is 1. The van der Waals surface area contributed by atoms with E-state index in [0.717, 1.165) is 31.7 Å². The molecule has 152 valence electrons. The van der Waals surface area contributed by atoms with E-state index in [1.54, 1.807) is 6.08 Å². The zero-order valence-electron chi connectivity index (χ0n) is 17.0. The summed E-state index contributed by atoms with van der Waals surface area (Å²) in [5.74, 6) is -0.0880. The van der Waals surface area contributed by atoms with E-state index in [2.05, 4.69) is 71.0 Å². The molecule has 3 aromatic carbocycles. The highest BCUT2D eigenvalue weighted by molar-refractivity contribution is 5.91. The molecule has 0 saturated carbocycles. The lowest BCUT2D eigenvalue weighted by Crippen LogP contribution is -2.54. The van der Waals surface area contributed by atoms with Crippen LogP contribution in [-0.2, 0) is 4.79 Å². The Morgan fingerprint density at radius 1 is 0.733 bits per heavy atom. The highest BCUT2D eigenvalue weighted by Gasteiger charge is 2.26. The number of carbonyl (C=O) groups is 1. The van der Waals surface area contributed by atoms with Gasteiger partial charge in [0.2, 0.25) is 0 Å². The average molecular weight is 398 g/mol. The van der Waals surface area contributed by atoms with Crippen LogP contribution in [0.5, 0.6) is 0 Å². The van der Waals surface area contributed by atoms with Gasteiger partial charge in [-0.1, -0.05) is 91.0 Å². The van der Waals surface area contributed by atoms with Crippen LogP contribution in [0.3, 0.4) is 0 Å². The minimum absolute atomic E-state index is 0.0880. The third-order valence-electron chi connectivity index (χ3n) is 5.41. The second-order valence-electron chi connectivity index (χ2n) is 7.47. The van der Waals surface area contributed by atoms with E-state index in [4.69, 9.17) is 0 Å². The lowest BCUT2D eigenvalue weighted by Gasteiger charge is -2.39. The molecule has 1 N–H and O–H groups in total. The van der Waals surface area contributed by atoms with Gasteiger partial charge in [-0.3, -0.25) is 15.1 Å². The van der Waals surface area contributed by atoms with Gasteiger partial charge in [-0.2, -0.15) is 0 Å². The second kappa shape index (κ2) is 10.0. The average Bonchev–Trinajstić information content (AvgIpc) is 2.81. The molecule has 0 aliphatic carbocycles. The fourth-order valence-electron chi connectivity index (χ4n) is 3.91. The van der Waals surface area contributed by atoms with Crippen molar-refractivity contribution in [3.8, 4) is 0 Å². The predicted octanol–water partition coefficient (Wildman–Crippen LogP) is 4.14. The molecule has 4 heteroatoms. The van der Waals surface area contributed by atoms with Crippen molar-refractivity contribution < 1.29 is 4.79 Å². The number of hydrazine groups is 1. The molecule has 1 aliphatic heterocycles. The Morgan fingerprint density at radius 2 is 1.23 bits per heavy atom. The van der Waals surface area contributed by atoms with E-state index in [0.29, 0.717) is 0 Å². The van der Waals surface area contributed by atoms with Crippen LogP contribution < -0.4 is 5.43 Å². The minimum Gasteiger partial charge on any atom is -0.290 e. The first-order chi connectivity index (χ1) is 14.8. The quantitative estimate of drug-likeness (QED) is 0.635. The van der Waals surface area contributed by atoms with E-state index in [9.17, 15) is 4.79 Å². The zero-order chi connectivity index (χ0) is 20.6. The largest absolute Gasteiger partial charge is 0.290 e. The monoisotopic (exact) mass is 397 g/mol. The van der Waals surface area contributed by atoms with Crippen LogP contribution in [0.15, 0.2) is 97.1 Å². The molecule has 1 aliphatic rings. The van der Waals surface area contributed by atoms with Gasteiger partial charge in [0, 0.05) is 32.3 Å². The van der Waals surface area contributed by atoms with E-state index in [-0.39, 0.29) is 11.9 Å². The van der Waals surface area contributed by atoms with Crippen molar-refractivity contribution in [1.29, 1.82) is 0 Å². The predicted molar refractivity (Wildman–Crippen MR) is 121 cm³/mol. The topological polar surface area (TPSA) is 35.6 Å². The standard InChI is InChI=1S/C26H27N3O/c30-25(17-16-22-10-4-1-5-11-22)27-29-20-18-28(19-21-29)26(23-12-6-2-7-13-23)24-14-8-3-9-15-24/h1-17,26H,18-21H2,(H,27,30). The Hall–Kier alpha value is -3.21. The normalized spacial score (nSPS) is 15.5. The molecule has 3 aromatic rings. The van der Waals surface area contributed by atoms with Gasteiger partial charge in [-0.15, -0.1) is 0 Å². The van der Waals surface area contributed by atoms with Crippen LogP contribution in [0.4, 0.5) is 0 Å². The maximum Gasteiger partial charge on any atom is 0.258 e. The number of piperazine rings is 1. The third kappa shape index (κ3) is 5.23. The SMILES string of the molecule is O=C(C=Cc1ccccc1)NN1CCN(C(c2ccccc2)c2ccccc2)CC1. The molecule has 0 bridgehead atoms. The maximum atomic E-state index is 12.3. The van der Waals surface area contributed by atoms with Crippen molar-refractivity contribution in [3.05, 3.63) is 114 Å². The lowest BCUT2D eigenvalue weighted by molar-refractivity contribution is -0.122. The minimum atomic E-state index is -0.0880. The Bertz CT molecular complexity index is 910. The lowest BCUT2D eigenvalue weighted by atomic mass is 9.96. The summed E-state index contributed by atoms with van der Waals surface area (Å²) < 4.78 is 0. The molecule has 1 amide bonds. The third-order valence-corrected chi connectivity index (χ3v) is 5.41. The van der Waals surface area contributed by atoms with E-state index in [1.165, 1.54) is 11.1 Å². The molecular formula is C26H27N3O. The molecule has 0 unspecified atom stereocenters. The van der Waals surface area contributed by atoms with Crippen molar-refractivity contribution >= 4 is 12.0 Å². The van der Waals surface area contributed by atoms with Gasteiger partial charge in [0.05, 0.1) is 6.04 Å². The van der Waals surface area contributed by atoms with Gasteiger partial charge in [0.1, 0.15) is 0 Å². The second-order valence-corrected chi connectivity index (χ2v) is 7.47. The summed E-state index contributed by atoms with van der Waals surface area (Å²) in [6.07, 6.45) is 3.44. The van der Waals surface area contributed by atoms with Crippen molar-refractivity contribution in [3.63, 3.8) is 0 Å². The number of nitrogens with zero attached hydrogens (tertiary/aromatic N) is 2. The summed E-state index contributed by atoms with van der Waals surface area (Å²) in [6.45, 7) is 3.36. The Morgan fingerprint density at radius 3 is 1.77 bits per heavy atom. The van der Waals surface area contributed by atoms with Crippen LogP contribution in [0, 0.1) is 0 Å². The first-order valence-corrected chi connectivity index (χ1v) is 10.4. The highest BCUT2D eigenvalue weighted by atomic mass is 16.2. The Labute approximate surface area is 178 Å². The van der Waals surface area contributed by atoms with E-state index >= 15 is 0 Å². The molecule has 1 saturated heterocycles. The molecule has 30 heavy (non-hydrogen) atoms. The van der Waals surface area contributed by atoms with Crippen molar-refractivity contribution in [2.24, 2.45) is 0 Å². The molecule has 0 aromatic heterocycles. The van der Waals surface area contributed by atoms with Crippen molar-refractivity contribution in [1.82, 2.24) is 15.3 Å². The molecular weight excluding hydrogens is 370 g/mol. The van der Waals surface area contributed by atoms with Crippen LogP contribution in [-0.4, -0.2) is 42.0 Å². The number of hydrogen-bond donors (Lipinski definition) is 1. The Balaban J connectivity index is 1.38. The van der Waals surface area contributed by atoms with Gasteiger partial charge in [-0.05, 0) is 22.8 Å². The van der Waals surface area contributed by atoms with Crippen LogP contribution in [0.25, 0.3) is 6.08 Å². The molecule has 4 nitrogen and oxygen atoms in total. The summed E-state index contributed by atoms with van der Waals surface area (Å²) >= 11 is 0. The zero-order valence-corrected chi connectivity index (χ0v) is 17.0. The molecule has 1 fully saturated rings. The maximum absolute atomic E-state index is 12.3. The first kappa shape index (κ1) is 20.1. The van der Waals surface area contributed by atoms with Crippen molar-refractivity contribution in [2.45, 2.75) is 6.04 Å². The van der Waals surface area contributed by atoms with E-state index in [1.807, 2.05) is 41.4 Å². The molecule has 0 atom stereocenters. The van der Waals surface area contributed by atoms with E-state index < -0.39 is 0 Å². The number of amides is 1. The highest BCUT2D eigenvalue weighted by Crippen LogP contribution is 2.29. The van der Waals surface area contributed by atoms with Gasteiger partial charge in [0.15, 0.2) is 0 Å². The van der Waals surface area contributed by atoms with Crippen LogP contribution in [0.2, 0.25) is 0 Å². The molecule has 1 heterocycles. The van der Waals surface area contributed by atoms with Crippen LogP contribution in [0.1, 0.15) is 22.7 Å². The smallest absolute Gasteiger partial charge is 0.258 e. The summed E-state index contributed by atoms with van der Waals surface area (Å²) in [7, 11) is 0. The van der Waals surface area contributed by atoms with Gasteiger partial charge in [-0.25, -0.2) is 5.01 Å². The number of carbonyl (C=O) groups excluding carboxylic acids is 1. The van der Waals surface area contributed by atoms with Crippen LogP contribution >= 0.6 is 0 Å². The summed E-state index contributed by atoms with van der Waals surface area (Å²) in [5.41, 5.74) is 6.62. The summed E-state index contributed by atoms with van der Waals surface area (Å²) in [5, 5.41) is 2.02. The van der Waals surface area contributed by atoms with Gasteiger partial charge in [0.25, 0.3) is 5.91 Å².